The van der Waals surface area contributed by atoms with Crippen LogP contribution in [0.2, 0.25) is 0 Å². The first-order valence-corrected chi connectivity index (χ1v) is 7.89. The molecule has 7 heteroatoms. The van der Waals surface area contributed by atoms with Crippen LogP contribution in [0.3, 0.4) is 0 Å². The minimum atomic E-state index is 0.672. The third kappa shape index (κ3) is 3.40. The number of hydrogen-bond donors (Lipinski definition) is 1. The third-order valence-corrected chi connectivity index (χ3v) is 4.29. The average molecular weight is 357 g/mol. The summed E-state index contributed by atoms with van der Waals surface area (Å²) in [4.78, 5) is 10.6. The summed E-state index contributed by atoms with van der Waals surface area (Å²) in [5, 5.41) is 5.31. The second-order valence-corrected chi connectivity index (χ2v) is 6.52. The third-order valence-electron chi connectivity index (χ3n) is 2.74. The van der Waals surface area contributed by atoms with Gasteiger partial charge in [0.1, 0.15) is 6.33 Å². The Balaban J connectivity index is 2.24. The number of halogens is 1. The Labute approximate surface area is 131 Å². The van der Waals surface area contributed by atoms with E-state index < -0.39 is 0 Å². The SMILES string of the molecule is CCNc1ncnc(N(C)Cc2csc(Br)c2)c1OC. The summed E-state index contributed by atoms with van der Waals surface area (Å²) in [6.45, 7) is 3.57. The summed E-state index contributed by atoms with van der Waals surface area (Å²) in [6.07, 6.45) is 1.55. The van der Waals surface area contributed by atoms with E-state index in [-0.39, 0.29) is 0 Å². The summed E-state index contributed by atoms with van der Waals surface area (Å²) < 4.78 is 6.59. The van der Waals surface area contributed by atoms with Gasteiger partial charge in [0.25, 0.3) is 0 Å². The van der Waals surface area contributed by atoms with Gasteiger partial charge >= 0.3 is 0 Å². The minimum Gasteiger partial charge on any atom is -0.490 e. The first-order chi connectivity index (χ1) is 9.65. The van der Waals surface area contributed by atoms with Gasteiger partial charge in [-0.05, 0) is 39.9 Å². The van der Waals surface area contributed by atoms with E-state index in [4.69, 9.17) is 4.74 Å². The lowest BCUT2D eigenvalue weighted by atomic mass is 10.3. The van der Waals surface area contributed by atoms with E-state index in [1.165, 1.54) is 5.56 Å². The molecule has 0 saturated heterocycles. The van der Waals surface area contributed by atoms with E-state index in [9.17, 15) is 0 Å². The summed E-state index contributed by atoms with van der Waals surface area (Å²) >= 11 is 5.15. The van der Waals surface area contributed by atoms with E-state index in [0.29, 0.717) is 5.75 Å². The minimum absolute atomic E-state index is 0.672. The van der Waals surface area contributed by atoms with Gasteiger partial charge in [0.15, 0.2) is 11.6 Å². The largest absolute Gasteiger partial charge is 0.490 e. The Morgan fingerprint density at radius 2 is 2.25 bits per heavy atom. The Morgan fingerprint density at radius 1 is 1.45 bits per heavy atom. The van der Waals surface area contributed by atoms with Crippen LogP contribution in [-0.2, 0) is 6.54 Å². The Hall–Kier alpha value is -1.34. The average Bonchev–Trinajstić information content (AvgIpc) is 2.84. The molecule has 1 N–H and O–H groups in total. The molecule has 2 aromatic rings. The zero-order valence-electron chi connectivity index (χ0n) is 11.7. The fraction of sp³-hybridized carbons (Fsp3) is 0.385. The first-order valence-electron chi connectivity index (χ1n) is 6.22. The van der Waals surface area contributed by atoms with Crippen molar-refractivity contribution in [1.29, 1.82) is 0 Å². The van der Waals surface area contributed by atoms with Crippen LogP contribution >= 0.6 is 27.3 Å². The molecule has 0 aromatic carbocycles. The number of hydrogen-bond acceptors (Lipinski definition) is 6. The molecule has 0 fully saturated rings. The van der Waals surface area contributed by atoms with Gasteiger partial charge in [-0.2, -0.15) is 0 Å². The van der Waals surface area contributed by atoms with E-state index in [1.807, 2.05) is 14.0 Å². The molecule has 0 unspecified atom stereocenters. The highest BCUT2D eigenvalue weighted by molar-refractivity contribution is 9.11. The van der Waals surface area contributed by atoms with Crippen molar-refractivity contribution in [3.05, 3.63) is 27.1 Å². The van der Waals surface area contributed by atoms with Crippen molar-refractivity contribution in [2.24, 2.45) is 0 Å². The Morgan fingerprint density at radius 3 is 2.85 bits per heavy atom. The number of rotatable bonds is 6. The molecule has 0 aliphatic carbocycles. The molecule has 2 aromatic heterocycles. The maximum absolute atomic E-state index is 5.46. The Kier molecular flexibility index (Phi) is 5.19. The standard InChI is InChI=1S/C13H17BrN4OS/c1-4-15-12-11(19-3)13(17-8-16-12)18(2)6-9-5-10(14)20-7-9/h5,7-8H,4,6H2,1-3H3,(H,15,16,17). The van der Waals surface area contributed by atoms with Crippen molar-refractivity contribution in [3.8, 4) is 5.75 Å². The molecule has 0 aliphatic rings. The first kappa shape index (κ1) is 15.1. The molecule has 20 heavy (non-hydrogen) atoms. The topological polar surface area (TPSA) is 50.3 Å². The molecule has 0 radical (unpaired) electrons. The van der Waals surface area contributed by atoms with Crippen LogP contribution in [0.5, 0.6) is 5.75 Å². The zero-order chi connectivity index (χ0) is 14.5. The van der Waals surface area contributed by atoms with Crippen molar-refractivity contribution in [2.75, 3.05) is 30.9 Å². The van der Waals surface area contributed by atoms with Crippen LogP contribution in [0.25, 0.3) is 0 Å². The van der Waals surface area contributed by atoms with Gasteiger partial charge in [-0.15, -0.1) is 11.3 Å². The number of thiophene rings is 1. The highest BCUT2D eigenvalue weighted by Gasteiger charge is 2.15. The Bertz CT molecular complexity index is 575. The summed E-state index contributed by atoms with van der Waals surface area (Å²) in [5.41, 5.74) is 1.23. The highest BCUT2D eigenvalue weighted by Crippen LogP contribution is 2.32. The smallest absolute Gasteiger partial charge is 0.204 e. The molecular weight excluding hydrogens is 340 g/mol. The van der Waals surface area contributed by atoms with Crippen LogP contribution in [0, 0.1) is 0 Å². The van der Waals surface area contributed by atoms with Gasteiger partial charge in [-0.25, -0.2) is 9.97 Å². The van der Waals surface area contributed by atoms with Crippen LogP contribution in [0.15, 0.2) is 21.6 Å². The number of nitrogens with zero attached hydrogens (tertiary/aromatic N) is 3. The fourth-order valence-corrected chi connectivity index (χ4v) is 3.10. The summed E-state index contributed by atoms with van der Waals surface area (Å²) in [6, 6.07) is 2.11. The predicted molar refractivity (Wildman–Crippen MR) is 86.9 cm³/mol. The molecule has 0 bridgehead atoms. The maximum atomic E-state index is 5.46. The maximum Gasteiger partial charge on any atom is 0.204 e. The van der Waals surface area contributed by atoms with Crippen molar-refractivity contribution in [3.63, 3.8) is 0 Å². The molecule has 2 rings (SSSR count). The summed E-state index contributed by atoms with van der Waals surface area (Å²) in [5.74, 6) is 2.17. The number of methoxy groups -OCH3 is 1. The monoisotopic (exact) mass is 356 g/mol. The van der Waals surface area contributed by atoms with Gasteiger partial charge < -0.3 is 15.0 Å². The quantitative estimate of drug-likeness (QED) is 0.859. The van der Waals surface area contributed by atoms with Crippen LogP contribution in [0.4, 0.5) is 11.6 Å². The normalized spacial score (nSPS) is 10.4. The molecule has 0 aliphatic heterocycles. The van der Waals surface area contributed by atoms with Crippen LogP contribution in [-0.4, -0.2) is 30.7 Å². The van der Waals surface area contributed by atoms with Crippen molar-refractivity contribution < 1.29 is 4.74 Å². The van der Waals surface area contributed by atoms with E-state index in [2.05, 4.69) is 47.6 Å². The molecule has 0 atom stereocenters. The fourth-order valence-electron chi connectivity index (χ4n) is 1.90. The van der Waals surface area contributed by atoms with E-state index >= 15 is 0 Å². The van der Waals surface area contributed by atoms with Crippen molar-refractivity contribution in [2.45, 2.75) is 13.5 Å². The molecule has 0 amide bonds. The molecule has 2 heterocycles. The van der Waals surface area contributed by atoms with Gasteiger partial charge in [0, 0.05) is 20.1 Å². The lowest BCUT2D eigenvalue weighted by Crippen LogP contribution is -2.19. The van der Waals surface area contributed by atoms with Crippen molar-refractivity contribution >= 4 is 38.9 Å². The lowest BCUT2D eigenvalue weighted by Gasteiger charge is -2.21. The van der Waals surface area contributed by atoms with E-state index in [0.717, 1.165) is 28.5 Å². The van der Waals surface area contributed by atoms with Crippen LogP contribution < -0.4 is 15.0 Å². The number of aromatic nitrogens is 2. The number of ether oxygens (including phenoxy) is 1. The van der Waals surface area contributed by atoms with Gasteiger partial charge in [-0.1, -0.05) is 0 Å². The molecule has 0 spiro atoms. The number of anilines is 2. The second kappa shape index (κ2) is 6.90. The predicted octanol–water partition coefficient (Wildman–Crippen LogP) is 3.38. The molecule has 108 valence electrons. The van der Waals surface area contributed by atoms with Gasteiger partial charge in [0.2, 0.25) is 5.75 Å². The lowest BCUT2D eigenvalue weighted by molar-refractivity contribution is 0.412. The number of nitrogens with one attached hydrogen (secondary N) is 1. The van der Waals surface area contributed by atoms with Gasteiger partial charge in [-0.3, -0.25) is 0 Å². The molecule has 0 saturated carbocycles. The van der Waals surface area contributed by atoms with Crippen LogP contribution in [0.1, 0.15) is 12.5 Å². The van der Waals surface area contributed by atoms with Gasteiger partial charge in [0.05, 0.1) is 10.9 Å². The second-order valence-electron chi connectivity index (χ2n) is 4.22. The summed E-state index contributed by atoms with van der Waals surface area (Å²) in [7, 11) is 3.63. The van der Waals surface area contributed by atoms with Crippen molar-refractivity contribution in [1.82, 2.24) is 9.97 Å². The molecule has 5 nitrogen and oxygen atoms in total. The molecular formula is C13H17BrN4OS. The highest BCUT2D eigenvalue weighted by atomic mass is 79.9. The van der Waals surface area contributed by atoms with E-state index in [1.54, 1.807) is 24.8 Å². The zero-order valence-corrected chi connectivity index (χ0v) is 14.1.